The van der Waals surface area contributed by atoms with E-state index < -0.39 is 0 Å². The van der Waals surface area contributed by atoms with Gasteiger partial charge in [0.15, 0.2) is 0 Å². The summed E-state index contributed by atoms with van der Waals surface area (Å²) in [5.41, 5.74) is 0. The van der Waals surface area contributed by atoms with E-state index in [0.717, 1.165) is 26.2 Å². The summed E-state index contributed by atoms with van der Waals surface area (Å²) in [5.74, 6) is 0.652. The molecule has 0 radical (unpaired) electrons. The lowest BCUT2D eigenvalue weighted by Crippen LogP contribution is -2.27. The lowest BCUT2D eigenvalue weighted by molar-refractivity contribution is 0.103. The van der Waals surface area contributed by atoms with Crippen LogP contribution in [0.2, 0.25) is 0 Å². The molecule has 0 saturated carbocycles. The van der Waals surface area contributed by atoms with Crippen LogP contribution < -0.4 is 5.32 Å². The van der Waals surface area contributed by atoms with Crippen molar-refractivity contribution in [2.45, 2.75) is 40.2 Å². The van der Waals surface area contributed by atoms with Gasteiger partial charge in [0.2, 0.25) is 0 Å². The molecule has 2 heteroatoms. The van der Waals surface area contributed by atoms with Crippen LogP contribution >= 0.6 is 0 Å². The summed E-state index contributed by atoms with van der Waals surface area (Å²) in [5, 5.41) is 3.35. The second kappa shape index (κ2) is 7.56. The van der Waals surface area contributed by atoms with Gasteiger partial charge in [-0.2, -0.15) is 0 Å². The van der Waals surface area contributed by atoms with Crippen LogP contribution in [-0.2, 0) is 4.74 Å². The van der Waals surface area contributed by atoms with Gasteiger partial charge in [-0.1, -0.05) is 20.8 Å². The fourth-order valence-electron chi connectivity index (χ4n) is 1.03. The maximum Gasteiger partial charge on any atom is 0.0489 e. The van der Waals surface area contributed by atoms with Gasteiger partial charge in [-0.3, -0.25) is 0 Å². The van der Waals surface area contributed by atoms with Crippen molar-refractivity contribution in [3.8, 4) is 0 Å². The molecule has 0 aliphatic rings. The van der Waals surface area contributed by atoms with Crippen molar-refractivity contribution in [1.82, 2.24) is 5.32 Å². The van der Waals surface area contributed by atoms with Crippen LogP contribution in [0.25, 0.3) is 0 Å². The minimum atomic E-state index is 0.585. The summed E-state index contributed by atoms with van der Waals surface area (Å²) in [6.07, 6.45) is 1.11. The molecule has 1 unspecified atom stereocenters. The van der Waals surface area contributed by atoms with E-state index in [1.165, 1.54) is 0 Å². The minimum absolute atomic E-state index is 0.585. The first-order chi connectivity index (χ1) is 5.66. The Labute approximate surface area is 76.7 Å². The topological polar surface area (TPSA) is 21.3 Å². The van der Waals surface area contributed by atoms with E-state index in [1.54, 1.807) is 0 Å². The predicted octanol–water partition coefficient (Wildman–Crippen LogP) is 2.05. The molecule has 1 atom stereocenters. The Morgan fingerprint density at radius 1 is 1.25 bits per heavy atom. The van der Waals surface area contributed by atoms with Gasteiger partial charge >= 0.3 is 0 Å². The van der Waals surface area contributed by atoms with Gasteiger partial charge in [-0.05, 0) is 25.8 Å². The lowest BCUT2D eigenvalue weighted by Gasteiger charge is -2.12. The van der Waals surface area contributed by atoms with Gasteiger partial charge in [0.1, 0.15) is 0 Å². The fraction of sp³-hybridized carbons (Fsp3) is 1.00. The molecule has 0 saturated heterocycles. The van der Waals surface area contributed by atoms with Crippen molar-refractivity contribution >= 4 is 0 Å². The summed E-state index contributed by atoms with van der Waals surface area (Å²) in [6, 6.07) is 0.585. The molecule has 0 spiro atoms. The first kappa shape index (κ1) is 11.9. The molecule has 12 heavy (non-hydrogen) atoms. The first-order valence-corrected chi connectivity index (χ1v) is 4.98. The third-order valence-corrected chi connectivity index (χ3v) is 1.70. The Morgan fingerprint density at radius 3 is 2.42 bits per heavy atom. The van der Waals surface area contributed by atoms with Crippen LogP contribution in [0, 0.1) is 5.92 Å². The molecule has 0 aromatic rings. The molecule has 1 N–H and O–H groups in total. The quantitative estimate of drug-likeness (QED) is 0.595. The fourth-order valence-corrected chi connectivity index (χ4v) is 1.03. The summed E-state index contributed by atoms with van der Waals surface area (Å²) in [6.45, 7) is 11.5. The zero-order chi connectivity index (χ0) is 9.40. The molecule has 0 fully saturated rings. The molecule has 0 aromatic carbocycles. The number of nitrogens with one attached hydrogen (secondary N) is 1. The molecule has 0 amide bonds. The van der Waals surface area contributed by atoms with Crippen molar-refractivity contribution in [2.75, 3.05) is 19.8 Å². The van der Waals surface area contributed by atoms with E-state index in [9.17, 15) is 0 Å². The smallest absolute Gasteiger partial charge is 0.0489 e. The maximum atomic E-state index is 5.47. The summed E-state index contributed by atoms with van der Waals surface area (Å²) in [7, 11) is 0. The van der Waals surface area contributed by atoms with Gasteiger partial charge in [0.25, 0.3) is 0 Å². The predicted molar refractivity (Wildman–Crippen MR) is 53.4 cm³/mol. The monoisotopic (exact) mass is 173 g/mol. The molecule has 2 nitrogen and oxygen atoms in total. The van der Waals surface area contributed by atoms with Crippen molar-refractivity contribution in [1.29, 1.82) is 0 Å². The standard InChI is InChI=1S/C10H23NO/c1-5-11-10(4)6-7-12-8-9(2)3/h9-11H,5-8H2,1-4H3. The number of hydrogen-bond donors (Lipinski definition) is 1. The Bertz CT molecular complexity index is 93.8. The van der Waals surface area contributed by atoms with Crippen LogP contribution in [0.4, 0.5) is 0 Å². The highest BCUT2D eigenvalue weighted by Gasteiger charge is 1.99. The Hall–Kier alpha value is -0.0800. The van der Waals surface area contributed by atoms with Crippen molar-refractivity contribution in [3.63, 3.8) is 0 Å². The molecule has 0 aliphatic heterocycles. The van der Waals surface area contributed by atoms with Gasteiger partial charge in [-0.25, -0.2) is 0 Å². The summed E-state index contributed by atoms with van der Waals surface area (Å²) >= 11 is 0. The molecule has 0 aliphatic carbocycles. The molecule has 74 valence electrons. The van der Waals surface area contributed by atoms with E-state index in [-0.39, 0.29) is 0 Å². The third kappa shape index (κ3) is 8.02. The molecular weight excluding hydrogens is 150 g/mol. The number of ether oxygens (including phenoxy) is 1. The minimum Gasteiger partial charge on any atom is -0.381 e. The van der Waals surface area contributed by atoms with E-state index in [0.29, 0.717) is 12.0 Å². The average Bonchev–Trinajstić information content (AvgIpc) is 1.98. The number of hydrogen-bond acceptors (Lipinski definition) is 2. The second-order valence-corrected chi connectivity index (χ2v) is 3.72. The largest absolute Gasteiger partial charge is 0.381 e. The average molecular weight is 173 g/mol. The van der Waals surface area contributed by atoms with Crippen LogP contribution in [0.3, 0.4) is 0 Å². The van der Waals surface area contributed by atoms with Gasteiger partial charge in [0.05, 0.1) is 0 Å². The van der Waals surface area contributed by atoms with Gasteiger partial charge < -0.3 is 10.1 Å². The summed E-state index contributed by atoms with van der Waals surface area (Å²) < 4.78 is 5.47. The first-order valence-electron chi connectivity index (χ1n) is 4.98. The molecular formula is C10H23NO. The lowest BCUT2D eigenvalue weighted by atomic mass is 10.2. The SMILES string of the molecule is CCNC(C)CCOCC(C)C. The van der Waals surface area contributed by atoms with E-state index in [1.807, 2.05) is 0 Å². The Morgan fingerprint density at radius 2 is 1.92 bits per heavy atom. The van der Waals surface area contributed by atoms with Gasteiger partial charge in [-0.15, -0.1) is 0 Å². The Kier molecular flexibility index (Phi) is 7.51. The molecule has 0 heterocycles. The normalized spacial score (nSPS) is 13.8. The molecule has 0 aromatic heterocycles. The highest BCUT2D eigenvalue weighted by Crippen LogP contribution is 1.95. The van der Waals surface area contributed by atoms with Crippen molar-refractivity contribution in [2.24, 2.45) is 5.92 Å². The zero-order valence-electron chi connectivity index (χ0n) is 8.89. The van der Waals surface area contributed by atoms with E-state index in [4.69, 9.17) is 4.74 Å². The van der Waals surface area contributed by atoms with Crippen LogP contribution in [0.1, 0.15) is 34.1 Å². The third-order valence-electron chi connectivity index (χ3n) is 1.70. The molecule has 0 bridgehead atoms. The molecule has 0 rings (SSSR count). The highest BCUT2D eigenvalue weighted by molar-refractivity contribution is 4.57. The van der Waals surface area contributed by atoms with E-state index >= 15 is 0 Å². The van der Waals surface area contributed by atoms with Crippen LogP contribution in [0.15, 0.2) is 0 Å². The van der Waals surface area contributed by atoms with E-state index in [2.05, 4.69) is 33.0 Å². The van der Waals surface area contributed by atoms with Crippen LogP contribution in [-0.4, -0.2) is 25.8 Å². The van der Waals surface area contributed by atoms with Gasteiger partial charge in [0, 0.05) is 19.3 Å². The maximum absolute atomic E-state index is 5.47. The van der Waals surface area contributed by atoms with Crippen molar-refractivity contribution < 1.29 is 4.74 Å². The summed E-state index contributed by atoms with van der Waals surface area (Å²) in [4.78, 5) is 0. The van der Waals surface area contributed by atoms with Crippen molar-refractivity contribution in [3.05, 3.63) is 0 Å². The zero-order valence-corrected chi connectivity index (χ0v) is 8.89. The number of rotatable bonds is 7. The Balaban J connectivity index is 3.08. The van der Waals surface area contributed by atoms with Crippen LogP contribution in [0.5, 0.6) is 0 Å². The highest BCUT2D eigenvalue weighted by atomic mass is 16.5. The second-order valence-electron chi connectivity index (χ2n) is 3.72.